The summed E-state index contributed by atoms with van der Waals surface area (Å²) < 4.78 is 5.38. The Kier molecular flexibility index (Phi) is 6.40. The molecule has 0 aliphatic carbocycles. The van der Waals surface area contributed by atoms with Gasteiger partial charge in [-0.15, -0.1) is 0 Å². The third-order valence-electron chi connectivity index (χ3n) is 3.52. The molecule has 24 heavy (non-hydrogen) atoms. The van der Waals surface area contributed by atoms with E-state index < -0.39 is 0 Å². The summed E-state index contributed by atoms with van der Waals surface area (Å²) in [6.45, 7) is 0.254. The van der Waals surface area contributed by atoms with Crippen LogP contribution in [0, 0.1) is 0 Å². The van der Waals surface area contributed by atoms with Crippen molar-refractivity contribution < 1.29 is 14.0 Å². The Bertz CT molecular complexity index is 686. The Balaban J connectivity index is 1.83. The van der Waals surface area contributed by atoms with Crippen LogP contribution in [0.1, 0.15) is 22.2 Å². The molecule has 0 aliphatic rings. The van der Waals surface area contributed by atoms with E-state index in [-0.39, 0.29) is 24.4 Å². The monoisotopic (exact) mass is 349 g/mol. The summed E-state index contributed by atoms with van der Waals surface area (Å²) in [5.41, 5.74) is 0.341. The lowest BCUT2D eigenvalue weighted by atomic mass is 10.2. The fourth-order valence-corrected chi connectivity index (χ4v) is 2.41. The average Bonchev–Trinajstić information content (AvgIpc) is 3.07. The van der Waals surface area contributed by atoms with Crippen molar-refractivity contribution in [2.45, 2.75) is 6.04 Å². The Labute approximate surface area is 145 Å². The first kappa shape index (κ1) is 18.0. The van der Waals surface area contributed by atoms with Crippen LogP contribution in [0.3, 0.4) is 0 Å². The number of hydrogen-bond acceptors (Lipinski definition) is 4. The third-order valence-corrected chi connectivity index (χ3v) is 3.85. The van der Waals surface area contributed by atoms with Crippen molar-refractivity contribution in [3.8, 4) is 0 Å². The predicted octanol–water partition coefficient (Wildman–Crippen LogP) is 2.08. The van der Waals surface area contributed by atoms with Gasteiger partial charge in [0.25, 0.3) is 5.91 Å². The second-order valence-corrected chi connectivity index (χ2v) is 5.87. The summed E-state index contributed by atoms with van der Waals surface area (Å²) in [5, 5.41) is 5.69. The van der Waals surface area contributed by atoms with Gasteiger partial charge < -0.3 is 15.1 Å². The van der Waals surface area contributed by atoms with Crippen molar-refractivity contribution in [1.29, 1.82) is 0 Å². The van der Waals surface area contributed by atoms with E-state index in [0.29, 0.717) is 17.1 Å². The minimum Gasteiger partial charge on any atom is -0.468 e. The van der Waals surface area contributed by atoms with E-state index in [0.717, 1.165) is 5.76 Å². The molecule has 2 N–H and O–H groups in total. The number of amides is 2. The molecule has 1 aromatic heterocycles. The number of nitrogens with one attached hydrogen (secondary N) is 2. The molecule has 2 aromatic rings. The summed E-state index contributed by atoms with van der Waals surface area (Å²) >= 11 is 5.95. The maximum atomic E-state index is 12.0. The maximum absolute atomic E-state index is 12.0. The van der Waals surface area contributed by atoms with Crippen molar-refractivity contribution in [2.75, 3.05) is 27.2 Å². The van der Waals surface area contributed by atoms with Gasteiger partial charge in [-0.3, -0.25) is 14.5 Å². The molecule has 0 bridgehead atoms. The highest BCUT2D eigenvalue weighted by molar-refractivity contribution is 6.33. The van der Waals surface area contributed by atoms with Gasteiger partial charge in [0.05, 0.1) is 29.4 Å². The van der Waals surface area contributed by atoms with Crippen LogP contribution in [-0.4, -0.2) is 43.9 Å². The minimum atomic E-state index is -0.383. The molecule has 1 aromatic carbocycles. The molecule has 1 unspecified atom stereocenters. The van der Waals surface area contributed by atoms with Crippen molar-refractivity contribution in [3.05, 3.63) is 59.0 Å². The number of hydrogen-bond donors (Lipinski definition) is 2. The van der Waals surface area contributed by atoms with Crippen molar-refractivity contribution in [1.82, 2.24) is 15.5 Å². The topological polar surface area (TPSA) is 74.6 Å². The molecule has 0 spiro atoms. The summed E-state index contributed by atoms with van der Waals surface area (Å²) in [5.74, 6) is 0.0974. The SMILES string of the molecule is CN(C)C(CNC(=O)CNC(=O)c1ccccc1Cl)c1ccco1. The number of furan rings is 1. The fourth-order valence-electron chi connectivity index (χ4n) is 2.19. The molecule has 2 rings (SSSR count). The fraction of sp³-hybridized carbons (Fsp3) is 0.294. The van der Waals surface area contributed by atoms with Crippen molar-refractivity contribution >= 4 is 23.4 Å². The van der Waals surface area contributed by atoms with Gasteiger partial charge in [0.1, 0.15) is 5.76 Å². The molecule has 1 heterocycles. The molecule has 0 fully saturated rings. The van der Waals surface area contributed by atoms with Crippen LogP contribution in [0.2, 0.25) is 5.02 Å². The van der Waals surface area contributed by atoms with Gasteiger partial charge >= 0.3 is 0 Å². The molecule has 0 radical (unpaired) electrons. The van der Waals surface area contributed by atoms with Crippen LogP contribution >= 0.6 is 11.6 Å². The summed E-state index contributed by atoms with van der Waals surface area (Å²) in [6.07, 6.45) is 1.59. The van der Waals surface area contributed by atoms with Crippen LogP contribution in [0.5, 0.6) is 0 Å². The van der Waals surface area contributed by atoms with Gasteiger partial charge in [0, 0.05) is 6.54 Å². The molecule has 0 aliphatic heterocycles. The number of carbonyl (C=O) groups excluding carboxylic acids is 2. The van der Waals surface area contributed by atoms with E-state index in [1.165, 1.54) is 0 Å². The van der Waals surface area contributed by atoms with Gasteiger partial charge in [-0.25, -0.2) is 0 Å². The highest BCUT2D eigenvalue weighted by Gasteiger charge is 2.18. The highest BCUT2D eigenvalue weighted by Crippen LogP contribution is 2.17. The first-order chi connectivity index (χ1) is 11.5. The van der Waals surface area contributed by atoms with Crippen molar-refractivity contribution in [3.63, 3.8) is 0 Å². The Hall–Kier alpha value is -2.31. The molecular weight excluding hydrogens is 330 g/mol. The molecule has 2 amide bonds. The van der Waals surface area contributed by atoms with E-state index in [2.05, 4.69) is 10.6 Å². The lowest BCUT2D eigenvalue weighted by molar-refractivity contribution is -0.120. The first-order valence-corrected chi connectivity index (χ1v) is 7.86. The van der Waals surface area contributed by atoms with E-state index in [9.17, 15) is 9.59 Å². The second kappa shape index (κ2) is 8.52. The third kappa shape index (κ3) is 4.84. The van der Waals surface area contributed by atoms with Crippen LogP contribution in [-0.2, 0) is 4.79 Å². The Morgan fingerprint density at radius 3 is 2.54 bits per heavy atom. The summed E-state index contributed by atoms with van der Waals surface area (Å²) in [6, 6.07) is 10.3. The van der Waals surface area contributed by atoms with Gasteiger partial charge in [0.2, 0.25) is 5.91 Å². The van der Waals surface area contributed by atoms with E-state index >= 15 is 0 Å². The van der Waals surface area contributed by atoms with E-state index in [1.807, 2.05) is 25.1 Å². The minimum absolute atomic E-state index is 0.0804. The highest BCUT2D eigenvalue weighted by atomic mass is 35.5. The van der Waals surface area contributed by atoms with Gasteiger partial charge in [0.15, 0.2) is 0 Å². The van der Waals surface area contributed by atoms with Gasteiger partial charge in [-0.1, -0.05) is 23.7 Å². The second-order valence-electron chi connectivity index (χ2n) is 5.46. The number of rotatable bonds is 7. The van der Waals surface area contributed by atoms with Crippen LogP contribution < -0.4 is 10.6 Å². The zero-order valence-corrected chi connectivity index (χ0v) is 14.3. The van der Waals surface area contributed by atoms with Gasteiger partial charge in [-0.2, -0.15) is 0 Å². The van der Waals surface area contributed by atoms with E-state index in [1.54, 1.807) is 36.6 Å². The molecular formula is C17H20ClN3O3. The smallest absolute Gasteiger partial charge is 0.253 e. The molecule has 0 saturated heterocycles. The lowest BCUT2D eigenvalue weighted by Crippen LogP contribution is -2.40. The molecule has 6 nitrogen and oxygen atoms in total. The zero-order valence-electron chi connectivity index (χ0n) is 13.6. The molecule has 128 valence electrons. The van der Waals surface area contributed by atoms with Crippen LogP contribution in [0.4, 0.5) is 0 Å². The van der Waals surface area contributed by atoms with Gasteiger partial charge in [-0.05, 0) is 38.4 Å². The average molecular weight is 350 g/mol. The number of halogens is 1. The zero-order chi connectivity index (χ0) is 17.5. The first-order valence-electron chi connectivity index (χ1n) is 7.48. The number of likely N-dealkylation sites (N-methyl/N-ethyl adjacent to an activating group) is 1. The Morgan fingerprint density at radius 1 is 1.17 bits per heavy atom. The summed E-state index contributed by atoms with van der Waals surface area (Å²) in [4.78, 5) is 25.9. The van der Waals surface area contributed by atoms with E-state index in [4.69, 9.17) is 16.0 Å². The lowest BCUT2D eigenvalue weighted by Gasteiger charge is -2.22. The molecule has 0 saturated carbocycles. The van der Waals surface area contributed by atoms with Crippen LogP contribution in [0.15, 0.2) is 47.1 Å². The predicted molar refractivity (Wildman–Crippen MR) is 91.9 cm³/mol. The maximum Gasteiger partial charge on any atom is 0.253 e. The normalized spacial score (nSPS) is 12.0. The van der Waals surface area contributed by atoms with Crippen molar-refractivity contribution in [2.24, 2.45) is 0 Å². The largest absolute Gasteiger partial charge is 0.468 e. The summed E-state index contributed by atoms with van der Waals surface area (Å²) in [7, 11) is 3.80. The number of benzene rings is 1. The van der Waals surface area contributed by atoms with Crippen LogP contribution in [0.25, 0.3) is 0 Å². The quantitative estimate of drug-likeness (QED) is 0.802. The Morgan fingerprint density at radius 2 is 1.92 bits per heavy atom. The molecule has 1 atom stereocenters. The molecule has 7 heteroatoms. The number of carbonyl (C=O) groups is 2. The number of nitrogens with zero attached hydrogens (tertiary/aromatic N) is 1. The standard InChI is InChI=1S/C17H20ClN3O3/c1-21(2)14(15-8-5-9-24-15)10-19-16(22)11-20-17(23)12-6-3-4-7-13(12)18/h3-9,14H,10-11H2,1-2H3,(H,19,22)(H,20,23).